The van der Waals surface area contributed by atoms with Gasteiger partial charge in [0.15, 0.2) is 5.60 Å². The minimum atomic E-state index is -1.56. The summed E-state index contributed by atoms with van der Waals surface area (Å²) < 4.78 is 5.45. The third-order valence-electron chi connectivity index (χ3n) is 6.15. The van der Waals surface area contributed by atoms with Crippen molar-refractivity contribution in [2.75, 3.05) is 12.4 Å². The Morgan fingerprint density at radius 2 is 2.09 bits per heavy atom. The van der Waals surface area contributed by atoms with Crippen LogP contribution < -0.4 is 5.32 Å². The summed E-state index contributed by atoms with van der Waals surface area (Å²) in [5.41, 5.74) is 4.20. The van der Waals surface area contributed by atoms with Crippen molar-refractivity contribution in [3.8, 4) is 11.1 Å². The average Bonchev–Trinajstić information content (AvgIpc) is 3.63. The second-order valence-corrected chi connectivity index (χ2v) is 8.63. The van der Waals surface area contributed by atoms with E-state index in [0.29, 0.717) is 34.2 Å². The summed E-state index contributed by atoms with van der Waals surface area (Å²) in [5, 5.41) is 19.9. The Morgan fingerprint density at radius 3 is 2.68 bits per heavy atom. The average molecular weight is 458 g/mol. The highest BCUT2D eigenvalue weighted by molar-refractivity contribution is 5.98. The molecule has 2 aromatic heterocycles. The fourth-order valence-corrected chi connectivity index (χ4v) is 4.12. The third-order valence-corrected chi connectivity index (χ3v) is 6.15. The van der Waals surface area contributed by atoms with E-state index in [1.165, 1.54) is 0 Å². The van der Waals surface area contributed by atoms with Crippen LogP contribution in [0.25, 0.3) is 11.1 Å². The molecule has 0 spiro atoms. The van der Waals surface area contributed by atoms with E-state index < -0.39 is 5.60 Å². The lowest BCUT2D eigenvalue weighted by molar-refractivity contribution is 0.155. The zero-order valence-corrected chi connectivity index (χ0v) is 20.3. The molecule has 0 radical (unpaired) electrons. The van der Waals surface area contributed by atoms with Crippen LogP contribution in [0.5, 0.6) is 0 Å². The summed E-state index contributed by atoms with van der Waals surface area (Å²) >= 11 is 0. The number of aliphatic hydroxyl groups is 1. The molecule has 0 amide bonds. The van der Waals surface area contributed by atoms with E-state index in [0.717, 1.165) is 35.3 Å². The SMILES string of the molecule is C/C=C\N=C(C)C(O)(c1cccnc1)c1cc(-c2c(C)noc2C)cc(NC)c1N=CC1CC1. The molecule has 1 fully saturated rings. The molecule has 1 aromatic carbocycles. The first kappa shape index (κ1) is 23.6. The molecule has 7 heteroatoms. The van der Waals surface area contributed by atoms with Crippen LogP contribution in [-0.2, 0) is 5.60 Å². The van der Waals surface area contributed by atoms with Gasteiger partial charge in [0.25, 0.3) is 0 Å². The smallest absolute Gasteiger partial charge is 0.156 e. The van der Waals surface area contributed by atoms with Gasteiger partial charge in [-0.15, -0.1) is 0 Å². The normalized spacial score (nSPS) is 16.4. The van der Waals surface area contributed by atoms with E-state index >= 15 is 0 Å². The second-order valence-electron chi connectivity index (χ2n) is 8.63. The number of nitrogens with zero attached hydrogens (tertiary/aromatic N) is 4. The third kappa shape index (κ3) is 4.43. The van der Waals surface area contributed by atoms with Crippen LogP contribution in [0.2, 0.25) is 0 Å². The Hall–Kier alpha value is -3.58. The molecule has 1 aliphatic rings. The molecule has 3 aromatic rings. The molecule has 176 valence electrons. The van der Waals surface area contributed by atoms with Crippen LogP contribution in [0.15, 0.2) is 63.4 Å². The molecule has 1 saturated carbocycles. The number of hydrogen-bond acceptors (Lipinski definition) is 7. The monoisotopic (exact) mass is 457 g/mol. The molecule has 1 unspecified atom stereocenters. The van der Waals surface area contributed by atoms with Gasteiger partial charge in [-0.25, -0.2) is 0 Å². The van der Waals surface area contributed by atoms with E-state index in [9.17, 15) is 5.11 Å². The molecular formula is C27H31N5O2. The van der Waals surface area contributed by atoms with E-state index in [1.807, 2.05) is 71.3 Å². The molecular weight excluding hydrogens is 426 g/mol. The van der Waals surface area contributed by atoms with Gasteiger partial charge in [0.05, 0.1) is 22.8 Å². The maximum Gasteiger partial charge on any atom is 0.156 e. The number of aryl methyl sites for hydroxylation is 2. The zero-order chi connectivity index (χ0) is 24.3. The van der Waals surface area contributed by atoms with Crippen LogP contribution in [0, 0.1) is 19.8 Å². The molecule has 0 bridgehead atoms. The predicted molar refractivity (Wildman–Crippen MR) is 137 cm³/mol. The predicted octanol–water partition coefficient (Wildman–Crippen LogP) is 5.74. The van der Waals surface area contributed by atoms with Crippen LogP contribution in [0.3, 0.4) is 0 Å². The standard InChI is InChI=1S/C27H31N5O2/c1-6-11-30-19(4)27(33,22-8-7-12-29-16-22)23-13-21(25-17(2)32-34-18(25)3)14-24(28-5)26(23)31-15-20-9-10-20/h6-8,11-16,20,28,33H,9-10H2,1-5H3/b11-6-,30-19?,31-15?. The number of hydrogen-bond donors (Lipinski definition) is 2. The Morgan fingerprint density at radius 1 is 1.29 bits per heavy atom. The topological polar surface area (TPSA) is 95.9 Å². The number of anilines is 1. The summed E-state index contributed by atoms with van der Waals surface area (Å²) in [6.07, 6.45) is 11.1. The lowest BCUT2D eigenvalue weighted by Crippen LogP contribution is -2.36. The number of aromatic nitrogens is 2. The quantitative estimate of drug-likeness (QED) is 0.421. The van der Waals surface area contributed by atoms with Gasteiger partial charge in [-0.3, -0.25) is 15.0 Å². The van der Waals surface area contributed by atoms with Crippen molar-refractivity contribution in [3.05, 3.63) is 71.5 Å². The first-order valence-corrected chi connectivity index (χ1v) is 11.5. The molecule has 0 aliphatic heterocycles. The van der Waals surface area contributed by atoms with Crippen molar-refractivity contribution in [3.63, 3.8) is 0 Å². The zero-order valence-electron chi connectivity index (χ0n) is 20.3. The van der Waals surface area contributed by atoms with Crippen molar-refractivity contribution >= 4 is 23.3 Å². The number of pyridine rings is 1. The van der Waals surface area contributed by atoms with Gasteiger partial charge in [0, 0.05) is 48.5 Å². The highest BCUT2D eigenvalue weighted by Gasteiger charge is 2.39. The summed E-state index contributed by atoms with van der Waals surface area (Å²) in [6, 6.07) is 7.66. The van der Waals surface area contributed by atoms with Gasteiger partial charge in [-0.2, -0.15) is 0 Å². The fourth-order valence-electron chi connectivity index (χ4n) is 4.12. The van der Waals surface area contributed by atoms with Crippen LogP contribution in [-0.4, -0.2) is 34.2 Å². The van der Waals surface area contributed by atoms with Gasteiger partial charge >= 0.3 is 0 Å². The number of rotatable bonds is 8. The first-order valence-electron chi connectivity index (χ1n) is 11.5. The maximum absolute atomic E-state index is 12.4. The first-order chi connectivity index (χ1) is 16.4. The molecule has 2 N–H and O–H groups in total. The lowest BCUT2D eigenvalue weighted by Gasteiger charge is -2.31. The van der Waals surface area contributed by atoms with E-state index in [4.69, 9.17) is 9.52 Å². The van der Waals surface area contributed by atoms with Gasteiger partial charge < -0.3 is 14.9 Å². The minimum Gasteiger partial charge on any atom is -0.386 e. The summed E-state index contributed by atoms with van der Waals surface area (Å²) in [7, 11) is 1.86. The Labute approximate surface area is 200 Å². The molecule has 1 aliphatic carbocycles. The molecule has 1 atom stereocenters. The Kier molecular flexibility index (Phi) is 6.75. The molecule has 7 nitrogen and oxygen atoms in total. The number of nitrogens with one attached hydrogen (secondary N) is 1. The van der Waals surface area contributed by atoms with Gasteiger partial charge in [-0.1, -0.05) is 17.3 Å². The highest BCUT2D eigenvalue weighted by Crippen LogP contribution is 2.45. The van der Waals surface area contributed by atoms with Gasteiger partial charge in [0.2, 0.25) is 0 Å². The minimum absolute atomic E-state index is 0.476. The van der Waals surface area contributed by atoms with Crippen molar-refractivity contribution < 1.29 is 9.63 Å². The molecule has 34 heavy (non-hydrogen) atoms. The molecule has 0 saturated heterocycles. The largest absolute Gasteiger partial charge is 0.386 e. The Bertz CT molecular complexity index is 1240. The lowest BCUT2D eigenvalue weighted by atomic mass is 9.80. The Balaban J connectivity index is 2.06. The molecule has 2 heterocycles. The van der Waals surface area contributed by atoms with E-state index in [1.54, 1.807) is 18.6 Å². The van der Waals surface area contributed by atoms with Crippen LogP contribution >= 0.6 is 0 Å². The van der Waals surface area contributed by atoms with Crippen molar-refractivity contribution in [1.29, 1.82) is 0 Å². The number of allylic oxidation sites excluding steroid dienone is 1. The van der Waals surface area contributed by atoms with Crippen LogP contribution in [0.1, 0.15) is 49.3 Å². The summed E-state index contributed by atoms with van der Waals surface area (Å²) in [6.45, 7) is 7.51. The fraction of sp³-hybridized carbons (Fsp3) is 0.333. The van der Waals surface area contributed by atoms with E-state index in [-0.39, 0.29) is 0 Å². The van der Waals surface area contributed by atoms with Crippen molar-refractivity contribution in [2.45, 2.75) is 46.1 Å². The van der Waals surface area contributed by atoms with Crippen molar-refractivity contribution in [2.24, 2.45) is 15.9 Å². The maximum atomic E-state index is 12.4. The summed E-state index contributed by atoms with van der Waals surface area (Å²) in [5.74, 6) is 1.19. The summed E-state index contributed by atoms with van der Waals surface area (Å²) in [4.78, 5) is 13.7. The van der Waals surface area contributed by atoms with Gasteiger partial charge in [-0.05, 0) is 70.2 Å². The van der Waals surface area contributed by atoms with Crippen LogP contribution in [0.4, 0.5) is 11.4 Å². The second kappa shape index (κ2) is 9.73. The van der Waals surface area contributed by atoms with E-state index in [2.05, 4.69) is 20.4 Å². The van der Waals surface area contributed by atoms with Gasteiger partial charge in [0.1, 0.15) is 5.76 Å². The van der Waals surface area contributed by atoms with Crippen molar-refractivity contribution in [1.82, 2.24) is 10.1 Å². The highest BCUT2D eigenvalue weighted by atomic mass is 16.5. The number of aliphatic imine (C=N–C) groups is 2. The number of benzene rings is 1. The molecule has 4 rings (SSSR count).